The molecular formula is C18H16BrFN2O4S. The number of amides is 2. The van der Waals surface area contributed by atoms with E-state index in [4.69, 9.17) is 0 Å². The first-order valence-corrected chi connectivity index (χ1v) is 10.7. The quantitative estimate of drug-likeness (QED) is 0.719. The van der Waals surface area contributed by atoms with Gasteiger partial charge in [-0.25, -0.2) is 12.8 Å². The molecule has 2 aromatic rings. The molecule has 1 heterocycles. The average molecular weight is 455 g/mol. The van der Waals surface area contributed by atoms with Crippen LogP contribution in [0.15, 0.2) is 51.8 Å². The first-order chi connectivity index (χ1) is 12.7. The molecule has 6 nitrogen and oxygen atoms in total. The maximum absolute atomic E-state index is 14.0. The number of para-hydroxylation sites is 1. The summed E-state index contributed by atoms with van der Waals surface area (Å²) in [4.78, 5) is 26.2. The van der Waals surface area contributed by atoms with Crippen molar-refractivity contribution in [1.29, 1.82) is 0 Å². The Hall–Kier alpha value is -2.26. The number of carbonyl (C=O) groups excluding carboxylic acids is 2. The third kappa shape index (κ3) is 4.19. The first kappa shape index (κ1) is 19.5. The minimum atomic E-state index is -3.54. The van der Waals surface area contributed by atoms with Gasteiger partial charge in [-0.05, 0) is 46.3 Å². The summed E-state index contributed by atoms with van der Waals surface area (Å²) in [6.45, 7) is 0.153. The van der Waals surface area contributed by atoms with Crippen LogP contribution in [-0.4, -0.2) is 33.0 Å². The van der Waals surface area contributed by atoms with Crippen molar-refractivity contribution >= 4 is 49.0 Å². The Labute approximate surface area is 164 Å². The summed E-state index contributed by atoms with van der Waals surface area (Å²) in [5.74, 6) is -2.18. The summed E-state index contributed by atoms with van der Waals surface area (Å²) in [5, 5.41) is 2.40. The van der Waals surface area contributed by atoms with Crippen molar-refractivity contribution in [1.82, 2.24) is 0 Å². The molecule has 0 aliphatic carbocycles. The molecule has 142 valence electrons. The second kappa shape index (κ2) is 7.40. The van der Waals surface area contributed by atoms with Crippen LogP contribution in [0.4, 0.5) is 15.8 Å². The highest BCUT2D eigenvalue weighted by Crippen LogP contribution is 2.32. The number of nitrogens with zero attached hydrogens (tertiary/aromatic N) is 1. The van der Waals surface area contributed by atoms with E-state index in [1.54, 1.807) is 18.2 Å². The van der Waals surface area contributed by atoms with Crippen LogP contribution >= 0.6 is 15.9 Å². The van der Waals surface area contributed by atoms with Crippen LogP contribution < -0.4 is 10.2 Å². The highest BCUT2D eigenvalue weighted by molar-refractivity contribution is 9.10. The molecule has 27 heavy (non-hydrogen) atoms. The molecule has 1 fully saturated rings. The van der Waals surface area contributed by atoms with Gasteiger partial charge in [0, 0.05) is 23.7 Å². The Kier molecular flexibility index (Phi) is 5.34. The topological polar surface area (TPSA) is 83.5 Å². The number of nitrogens with one attached hydrogen (secondary N) is 1. The van der Waals surface area contributed by atoms with Crippen LogP contribution in [0.25, 0.3) is 0 Å². The summed E-state index contributed by atoms with van der Waals surface area (Å²) >= 11 is 3.38. The number of hydrogen-bond acceptors (Lipinski definition) is 4. The van der Waals surface area contributed by atoms with E-state index >= 15 is 0 Å². The van der Waals surface area contributed by atoms with Gasteiger partial charge in [-0.15, -0.1) is 0 Å². The van der Waals surface area contributed by atoms with Crippen LogP contribution in [0.5, 0.6) is 0 Å². The molecule has 0 saturated carbocycles. The van der Waals surface area contributed by atoms with E-state index in [9.17, 15) is 22.4 Å². The SMILES string of the molecule is CS(=O)(=O)c1ccc(F)c(NC(=O)C2CC(=O)N(c3ccccc3Br)C2)c1. The third-order valence-electron chi connectivity index (χ3n) is 4.26. The lowest BCUT2D eigenvalue weighted by Crippen LogP contribution is -2.28. The second-order valence-electron chi connectivity index (χ2n) is 6.26. The van der Waals surface area contributed by atoms with Gasteiger partial charge in [-0.1, -0.05) is 12.1 Å². The van der Waals surface area contributed by atoms with Crippen LogP contribution in [-0.2, 0) is 19.4 Å². The fourth-order valence-electron chi connectivity index (χ4n) is 2.85. The van der Waals surface area contributed by atoms with Gasteiger partial charge in [0.15, 0.2) is 9.84 Å². The fraction of sp³-hybridized carbons (Fsp3) is 0.222. The predicted octanol–water partition coefficient (Wildman–Crippen LogP) is 2.98. The lowest BCUT2D eigenvalue weighted by atomic mass is 10.1. The summed E-state index contributed by atoms with van der Waals surface area (Å²) in [7, 11) is -3.54. The van der Waals surface area contributed by atoms with E-state index in [0.29, 0.717) is 5.69 Å². The zero-order valence-corrected chi connectivity index (χ0v) is 16.7. The van der Waals surface area contributed by atoms with E-state index < -0.39 is 27.5 Å². The maximum Gasteiger partial charge on any atom is 0.229 e. The number of hydrogen-bond donors (Lipinski definition) is 1. The van der Waals surface area contributed by atoms with Gasteiger partial charge in [0.1, 0.15) is 5.82 Å². The van der Waals surface area contributed by atoms with Gasteiger partial charge < -0.3 is 10.2 Å². The normalized spacial score (nSPS) is 17.2. The molecule has 3 rings (SSSR count). The van der Waals surface area contributed by atoms with E-state index in [1.165, 1.54) is 4.90 Å². The van der Waals surface area contributed by atoms with Crippen molar-refractivity contribution in [2.75, 3.05) is 23.0 Å². The minimum absolute atomic E-state index is 0.0133. The molecule has 0 radical (unpaired) electrons. The van der Waals surface area contributed by atoms with Crippen molar-refractivity contribution in [3.05, 3.63) is 52.8 Å². The summed E-state index contributed by atoms with van der Waals surface area (Å²) < 4.78 is 38.0. The van der Waals surface area contributed by atoms with Gasteiger partial charge >= 0.3 is 0 Å². The highest BCUT2D eigenvalue weighted by Gasteiger charge is 2.36. The summed E-state index contributed by atoms with van der Waals surface area (Å²) in [5.41, 5.74) is 0.428. The monoisotopic (exact) mass is 454 g/mol. The molecule has 1 aliphatic rings. The van der Waals surface area contributed by atoms with Crippen molar-refractivity contribution in [3.63, 3.8) is 0 Å². The summed E-state index contributed by atoms with van der Waals surface area (Å²) in [6, 6.07) is 10.3. The number of sulfone groups is 1. The van der Waals surface area contributed by atoms with E-state index in [1.807, 2.05) is 6.07 Å². The Morgan fingerprint density at radius 3 is 2.63 bits per heavy atom. The number of rotatable bonds is 4. The molecule has 0 aromatic heterocycles. The number of benzene rings is 2. The zero-order valence-electron chi connectivity index (χ0n) is 14.3. The molecule has 2 aromatic carbocycles. The van der Waals surface area contributed by atoms with E-state index in [2.05, 4.69) is 21.2 Å². The number of carbonyl (C=O) groups is 2. The van der Waals surface area contributed by atoms with Gasteiger partial charge in [-0.2, -0.15) is 0 Å². The molecule has 9 heteroatoms. The standard InChI is InChI=1S/C18H16BrFN2O4S/c1-27(25,26)12-6-7-14(20)15(9-12)21-18(24)11-8-17(23)22(10-11)16-5-3-2-4-13(16)19/h2-7,9,11H,8,10H2,1H3,(H,21,24). The molecular weight excluding hydrogens is 439 g/mol. The maximum atomic E-state index is 14.0. The molecule has 1 unspecified atom stereocenters. The largest absolute Gasteiger partial charge is 0.323 e. The molecule has 1 aliphatic heterocycles. The summed E-state index contributed by atoms with van der Waals surface area (Å²) in [6.07, 6.45) is 0.984. The van der Waals surface area contributed by atoms with Gasteiger partial charge in [0.25, 0.3) is 0 Å². The van der Waals surface area contributed by atoms with Crippen molar-refractivity contribution in [2.45, 2.75) is 11.3 Å². The Morgan fingerprint density at radius 2 is 1.96 bits per heavy atom. The second-order valence-corrected chi connectivity index (χ2v) is 9.13. The van der Waals surface area contributed by atoms with Crippen LogP contribution in [0.2, 0.25) is 0 Å². The molecule has 0 bridgehead atoms. The fourth-order valence-corrected chi connectivity index (χ4v) is 4.00. The van der Waals surface area contributed by atoms with Crippen LogP contribution in [0.1, 0.15) is 6.42 Å². The molecule has 2 amide bonds. The van der Waals surface area contributed by atoms with E-state index in [-0.39, 0.29) is 29.5 Å². The highest BCUT2D eigenvalue weighted by atomic mass is 79.9. The lowest BCUT2D eigenvalue weighted by Gasteiger charge is -2.18. The smallest absolute Gasteiger partial charge is 0.229 e. The average Bonchev–Trinajstić information content (AvgIpc) is 2.98. The van der Waals surface area contributed by atoms with Gasteiger partial charge in [-0.3, -0.25) is 9.59 Å². The Balaban J connectivity index is 1.78. The van der Waals surface area contributed by atoms with Crippen molar-refractivity contribution in [2.24, 2.45) is 5.92 Å². The van der Waals surface area contributed by atoms with E-state index in [0.717, 1.165) is 28.9 Å². The van der Waals surface area contributed by atoms with Crippen molar-refractivity contribution < 1.29 is 22.4 Å². The zero-order chi connectivity index (χ0) is 19.8. The Bertz CT molecular complexity index is 1030. The number of anilines is 2. The number of halogens is 2. The Morgan fingerprint density at radius 1 is 1.26 bits per heavy atom. The first-order valence-electron chi connectivity index (χ1n) is 8.02. The predicted molar refractivity (Wildman–Crippen MR) is 103 cm³/mol. The van der Waals surface area contributed by atoms with Gasteiger partial charge in [0.05, 0.1) is 22.2 Å². The van der Waals surface area contributed by atoms with Crippen LogP contribution in [0, 0.1) is 11.7 Å². The van der Waals surface area contributed by atoms with Gasteiger partial charge in [0.2, 0.25) is 11.8 Å². The third-order valence-corrected chi connectivity index (χ3v) is 6.04. The molecule has 1 N–H and O–H groups in total. The van der Waals surface area contributed by atoms with Crippen molar-refractivity contribution in [3.8, 4) is 0 Å². The molecule has 0 spiro atoms. The lowest BCUT2D eigenvalue weighted by molar-refractivity contribution is -0.122. The molecule has 1 atom stereocenters. The van der Waals surface area contributed by atoms with Crippen LogP contribution in [0.3, 0.4) is 0 Å². The molecule has 1 saturated heterocycles. The minimum Gasteiger partial charge on any atom is -0.323 e.